The van der Waals surface area contributed by atoms with Crippen molar-refractivity contribution in [2.45, 2.75) is 37.3 Å². The van der Waals surface area contributed by atoms with E-state index in [1.54, 1.807) is 10.9 Å². The fourth-order valence-electron chi connectivity index (χ4n) is 2.51. The minimum absolute atomic E-state index is 0.158. The first-order chi connectivity index (χ1) is 10.1. The largest absolute Gasteiger partial charge is 0.378 e. The number of hydrogen-bond donors (Lipinski definition) is 2. The molecule has 1 aliphatic heterocycles. The second-order valence-corrected chi connectivity index (χ2v) is 7.03. The fraction of sp³-hybridized carbons (Fsp3) is 0.769. The molecular formula is C13H24N4O3S. The van der Waals surface area contributed by atoms with Gasteiger partial charge in [0.25, 0.3) is 0 Å². The van der Waals surface area contributed by atoms with E-state index in [1.807, 2.05) is 7.05 Å². The Labute approximate surface area is 126 Å². The zero-order valence-corrected chi connectivity index (χ0v) is 13.4. The van der Waals surface area contributed by atoms with Gasteiger partial charge in [0.15, 0.2) is 0 Å². The summed E-state index contributed by atoms with van der Waals surface area (Å²) in [6.45, 7) is 4.57. The Kier molecular flexibility index (Phi) is 5.74. The number of aromatic nitrogens is 2. The smallest absolute Gasteiger partial charge is 0.243 e. The summed E-state index contributed by atoms with van der Waals surface area (Å²) in [6.07, 6.45) is 4.92. The minimum atomic E-state index is -3.49. The maximum Gasteiger partial charge on any atom is 0.243 e. The lowest BCUT2D eigenvalue weighted by Gasteiger charge is -2.16. The average molecular weight is 316 g/mol. The predicted molar refractivity (Wildman–Crippen MR) is 79.5 cm³/mol. The molecule has 2 heterocycles. The van der Waals surface area contributed by atoms with E-state index in [0.717, 1.165) is 19.4 Å². The quantitative estimate of drug-likeness (QED) is 0.715. The predicted octanol–water partition coefficient (Wildman–Crippen LogP) is 0.196. The van der Waals surface area contributed by atoms with Crippen LogP contribution in [0.3, 0.4) is 0 Å². The van der Waals surface area contributed by atoms with Crippen molar-refractivity contribution in [2.75, 3.05) is 26.7 Å². The lowest BCUT2D eigenvalue weighted by Crippen LogP contribution is -2.32. The summed E-state index contributed by atoms with van der Waals surface area (Å²) in [5.41, 5.74) is 0. The van der Waals surface area contributed by atoms with Crippen LogP contribution in [0.25, 0.3) is 0 Å². The molecule has 0 radical (unpaired) electrons. The van der Waals surface area contributed by atoms with E-state index >= 15 is 0 Å². The number of ether oxygens (including phenoxy) is 1. The zero-order valence-electron chi connectivity index (χ0n) is 12.6. The number of likely N-dealkylation sites (N-methyl/N-ethyl adjacent to an activating group) is 1. The molecule has 21 heavy (non-hydrogen) atoms. The summed E-state index contributed by atoms with van der Waals surface area (Å²) in [4.78, 5) is 0.213. The summed E-state index contributed by atoms with van der Waals surface area (Å²) in [7, 11) is -1.65. The van der Waals surface area contributed by atoms with Gasteiger partial charge in [0.2, 0.25) is 10.0 Å². The Balaban J connectivity index is 1.93. The molecule has 2 unspecified atom stereocenters. The Morgan fingerprint density at radius 3 is 3.05 bits per heavy atom. The van der Waals surface area contributed by atoms with Crippen molar-refractivity contribution in [1.82, 2.24) is 19.8 Å². The van der Waals surface area contributed by atoms with E-state index in [4.69, 9.17) is 4.74 Å². The highest BCUT2D eigenvalue weighted by Gasteiger charge is 2.28. The lowest BCUT2D eigenvalue weighted by molar-refractivity contribution is 0.0884. The van der Waals surface area contributed by atoms with Gasteiger partial charge in [-0.05, 0) is 19.9 Å². The van der Waals surface area contributed by atoms with Gasteiger partial charge in [-0.3, -0.25) is 4.68 Å². The SMILES string of the molecule is CCC1OCCC1CNS(=O)(=O)c1cnn(CCNC)c1. The van der Waals surface area contributed by atoms with Crippen LogP contribution in [0.2, 0.25) is 0 Å². The molecular weight excluding hydrogens is 292 g/mol. The van der Waals surface area contributed by atoms with Gasteiger partial charge in [0.05, 0.1) is 18.8 Å². The van der Waals surface area contributed by atoms with E-state index in [2.05, 4.69) is 22.1 Å². The third kappa shape index (κ3) is 4.26. The molecule has 0 saturated carbocycles. The van der Waals surface area contributed by atoms with Crippen molar-refractivity contribution in [3.05, 3.63) is 12.4 Å². The second-order valence-electron chi connectivity index (χ2n) is 5.26. The van der Waals surface area contributed by atoms with Gasteiger partial charge in [-0.1, -0.05) is 6.92 Å². The minimum Gasteiger partial charge on any atom is -0.378 e. The molecule has 1 aromatic rings. The third-order valence-electron chi connectivity index (χ3n) is 3.80. The van der Waals surface area contributed by atoms with E-state index in [1.165, 1.54) is 6.20 Å². The van der Waals surface area contributed by atoms with Gasteiger partial charge in [0.1, 0.15) is 4.90 Å². The van der Waals surface area contributed by atoms with Gasteiger partial charge in [-0.25, -0.2) is 13.1 Å². The van der Waals surface area contributed by atoms with Crippen molar-refractivity contribution in [3.63, 3.8) is 0 Å². The number of hydrogen-bond acceptors (Lipinski definition) is 5. The summed E-state index contributed by atoms with van der Waals surface area (Å²) < 4.78 is 34.4. The molecule has 0 aromatic carbocycles. The van der Waals surface area contributed by atoms with Crippen LogP contribution in [0.4, 0.5) is 0 Å². The summed E-state index contributed by atoms with van der Waals surface area (Å²) in [5.74, 6) is 0.254. The van der Waals surface area contributed by atoms with Gasteiger partial charge >= 0.3 is 0 Å². The van der Waals surface area contributed by atoms with Crippen LogP contribution in [0.5, 0.6) is 0 Å². The molecule has 2 rings (SSSR count). The second kappa shape index (κ2) is 7.35. The molecule has 1 aromatic heterocycles. The topological polar surface area (TPSA) is 85.2 Å². The van der Waals surface area contributed by atoms with Crippen LogP contribution in [-0.4, -0.2) is 51.0 Å². The fourth-order valence-corrected chi connectivity index (χ4v) is 3.56. The molecule has 1 aliphatic rings. The highest BCUT2D eigenvalue weighted by molar-refractivity contribution is 7.89. The van der Waals surface area contributed by atoms with Crippen LogP contribution in [-0.2, 0) is 21.3 Å². The Hall–Kier alpha value is -0.960. The van der Waals surface area contributed by atoms with E-state index in [-0.39, 0.29) is 16.9 Å². The first-order valence-corrected chi connectivity index (χ1v) is 8.83. The Bertz CT molecular complexity index is 543. The van der Waals surface area contributed by atoms with Crippen molar-refractivity contribution in [3.8, 4) is 0 Å². The van der Waals surface area contributed by atoms with Crippen LogP contribution in [0.1, 0.15) is 19.8 Å². The molecule has 0 amide bonds. The van der Waals surface area contributed by atoms with Crippen LogP contribution >= 0.6 is 0 Å². The van der Waals surface area contributed by atoms with E-state index < -0.39 is 10.0 Å². The monoisotopic (exact) mass is 316 g/mol. The van der Waals surface area contributed by atoms with E-state index in [0.29, 0.717) is 19.7 Å². The van der Waals surface area contributed by atoms with Crippen molar-refractivity contribution in [1.29, 1.82) is 0 Å². The number of sulfonamides is 1. The molecule has 0 bridgehead atoms. The molecule has 2 atom stereocenters. The highest BCUT2D eigenvalue weighted by Crippen LogP contribution is 2.23. The molecule has 7 nitrogen and oxygen atoms in total. The summed E-state index contributed by atoms with van der Waals surface area (Å²) >= 11 is 0. The Morgan fingerprint density at radius 1 is 1.52 bits per heavy atom. The molecule has 1 saturated heterocycles. The number of nitrogens with zero attached hydrogens (tertiary/aromatic N) is 2. The highest BCUT2D eigenvalue weighted by atomic mass is 32.2. The molecule has 120 valence electrons. The zero-order chi connectivity index (χ0) is 15.3. The normalized spacial score (nSPS) is 22.8. The molecule has 0 spiro atoms. The van der Waals surface area contributed by atoms with Crippen molar-refractivity contribution >= 4 is 10.0 Å². The standard InChI is InChI=1S/C13H24N4O3S/c1-3-13-11(4-7-20-13)8-16-21(18,19)12-9-15-17(10-12)6-5-14-2/h9-11,13-14,16H,3-8H2,1-2H3. The molecule has 0 aliphatic carbocycles. The summed E-state index contributed by atoms with van der Waals surface area (Å²) in [5, 5.41) is 7.06. The number of rotatable bonds is 8. The van der Waals surface area contributed by atoms with Crippen molar-refractivity contribution in [2.24, 2.45) is 5.92 Å². The van der Waals surface area contributed by atoms with Crippen LogP contribution in [0, 0.1) is 5.92 Å². The maximum atomic E-state index is 12.3. The van der Waals surface area contributed by atoms with Crippen LogP contribution < -0.4 is 10.0 Å². The number of nitrogens with one attached hydrogen (secondary N) is 2. The molecule has 8 heteroatoms. The molecule has 1 fully saturated rings. The lowest BCUT2D eigenvalue weighted by atomic mass is 10.0. The van der Waals surface area contributed by atoms with Gasteiger partial charge in [0, 0.05) is 31.8 Å². The summed E-state index contributed by atoms with van der Waals surface area (Å²) in [6, 6.07) is 0. The average Bonchev–Trinajstić information content (AvgIpc) is 3.12. The van der Waals surface area contributed by atoms with Crippen LogP contribution in [0.15, 0.2) is 17.3 Å². The van der Waals surface area contributed by atoms with Gasteiger partial charge in [-0.2, -0.15) is 5.10 Å². The first kappa shape index (κ1) is 16.4. The third-order valence-corrected chi connectivity index (χ3v) is 5.17. The van der Waals surface area contributed by atoms with Crippen molar-refractivity contribution < 1.29 is 13.2 Å². The first-order valence-electron chi connectivity index (χ1n) is 7.35. The molecule has 2 N–H and O–H groups in total. The Morgan fingerprint density at radius 2 is 2.33 bits per heavy atom. The van der Waals surface area contributed by atoms with Gasteiger partial charge < -0.3 is 10.1 Å². The van der Waals surface area contributed by atoms with Gasteiger partial charge in [-0.15, -0.1) is 0 Å². The maximum absolute atomic E-state index is 12.3. The van der Waals surface area contributed by atoms with E-state index in [9.17, 15) is 8.42 Å².